The van der Waals surface area contributed by atoms with Crippen molar-refractivity contribution in [2.24, 2.45) is 0 Å². The molecule has 2 aliphatic rings. The molecule has 1 N–H and O–H groups in total. The van der Waals surface area contributed by atoms with E-state index in [1.54, 1.807) is 6.07 Å². The van der Waals surface area contributed by atoms with Gasteiger partial charge in [-0.2, -0.15) is 13.2 Å². The van der Waals surface area contributed by atoms with Gasteiger partial charge in [-0.15, -0.1) is 0 Å². The number of carbonyl (C=O) groups excluding carboxylic acids is 1. The van der Waals surface area contributed by atoms with Crippen LogP contribution in [0.3, 0.4) is 0 Å². The van der Waals surface area contributed by atoms with Gasteiger partial charge in [-0.05, 0) is 43.4 Å². The number of hydrogen-bond donors (Lipinski definition) is 1. The number of carbonyl (C=O) groups is 1. The van der Waals surface area contributed by atoms with Crippen molar-refractivity contribution in [1.82, 2.24) is 4.90 Å². The van der Waals surface area contributed by atoms with E-state index >= 15 is 0 Å². The molecule has 1 aromatic rings. The summed E-state index contributed by atoms with van der Waals surface area (Å²) in [6, 6.07) is 3.57. The van der Waals surface area contributed by atoms with E-state index in [0.717, 1.165) is 34.6 Å². The molecule has 0 aliphatic carbocycles. The van der Waals surface area contributed by atoms with Crippen LogP contribution >= 0.6 is 11.6 Å². The molecule has 9 heteroatoms. The first kappa shape index (κ1) is 21.2. The number of halogens is 4. The molecule has 0 radical (unpaired) electrons. The Hall–Kier alpha value is -1.51. The van der Waals surface area contributed by atoms with Crippen LogP contribution in [-0.2, 0) is 27.1 Å². The first-order valence-electron chi connectivity index (χ1n) is 9.38. The summed E-state index contributed by atoms with van der Waals surface area (Å²) in [5.41, 5.74) is 2.53. The molecule has 1 saturated heterocycles. The van der Waals surface area contributed by atoms with Gasteiger partial charge in [0.15, 0.2) is 5.79 Å². The van der Waals surface area contributed by atoms with E-state index in [4.69, 9.17) is 21.1 Å². The topological polar surface area (TPSA) is 50.8 Å². The molecule has 2 aliphatic heterocycles. The van der Waals surface area contributed by atoms with Gasteiger partial charge in [-0.25, -0.2) is 0 Å². The number of alkyl halides is 3. The maximum atomic E-state index is 12.8. The summed E-state index contributed by atoms with van der Waals surface area (Å²) in [7, 11) is 0. The Morgan fingerprint density at radius 1 is 1.25 bits per heavy atom. The van der Waals surface area contributed by atoms with Gasteiger partial charge in [0.1, 0.15) is 0 Å². The van der Waals surface area contributed by atoms with Gasteiger partial charge in [-0.1, -0.05) is 17.7 Å². The molecular formula is C19H24ClF3N2O3. The number of rotatable bonds is 5. The lowest BCUT2D eigenvalue weighted by Crippen LogP contribution is -2.42. The van der Waals surface area contributed by atoms with E-state index in [1.165, 1.54) is 0 Å². The van der Waals surface area contributed by atoms with Crippen LogP contribution in [0.2, 0.25) is 5.02 Å². The van der Waals surface area contributed by atoms with E-state index in [9.17, 15) is 18.0 Å². The average molecular weight is 421 g/mol. The third kappa shape index (κ3) is 4.90. The maximum Gasteiger partial charge on any atom is 0.471 e. The zero-order valence-electron chi connectivity index (χ0n) is 15.7. The Morgan fingerprint density at radius 3 is 2.61 bits per heavy atom. The lowest BCUT2D eigenvalue weighted by molar-refractivity contribution is -0.185. The van der Waals surface area contributed by atoms with Gasteiger partial charge in [0.05, 0.1) is 23.9 Å². The molecule has 0 unspecified atom stereocenters. The van der Waals surface area contributed by atoms with Gasteiger partial charge >= 0.3 is 12.1 Å². The molecule has 0 saturated carbocycles. The Labute approximate surface area is 167 Å². The Kier molecular flexibility index (Phi) is 6.41. The van der Waals surface area contributed by atoms with E-state index < -0.39 is 17.9 Å². The van der Waals surface area contributed by atoms with Gasteiger partial charge in [0.25, 0.3) is 0 Å². The second-order valence-corrected chi connectivity index (χ2v) is 7.62. The number of benzene rings is 1. The van der Waals surface area contributed by atoms with Crippen LogP contribution in [0.1, 0.15) is 30.9 Å². The van der Waals surface area contributed by atoms with Crippen molar-refractivity contribution >= 4 is 23.2 Å². The summed E-state index contributed by atoms with van der Waals surface area (Å²) in [5.74, 6) is -2.34. The van der Waals surface area contributed by atoms with Gasteiger partial charge in [-0.3, -0.25) is 4.79 Å². The highest BCUT2D eigenvalue weighted by Crippen LogP contribution is 2.33. The van der Waals surface area contributed by atoms with E-state index in [1.807, 2.05) is 13.0 Å². The highest BCUT2D eigenvalue weighted by molar-refractivity contribution is 6.33. The molecule has 5 nitrogen and oxygen atoms in total. The number of ether oxygens (including phenoxy) is 2. The largest absolute Gasteiger partial charge is 0.471 e. The van der Waals surface area contributed by atoms with Crippen LogP contribution in [-0.4, -0.2) is 55.6 Å². The highest BCUT2D eigenvalue weighted by atomic mass is 35.5. The number of nitrogens with zero attached hydrogens (tertiary/aromatic N) is 1. The predicted octanol–water partition coefficient (Wildman–Crippen LogP) is 3.78. The van der Waals surface area contributed by atoms with Gasteiger partial charge in [0, 0.05) is 26.1 Å². The number of fused-ring (bicyclic) bond motifs is 1. The fourth-order valence-electron chi connectivity index (χ4n) is 3.69. The van der Waals surface area contributed by atoms with Crippen LogP contribution in [0.25, 0.3) is 0 Å². The predicted molar refractivity (Wildman–Crippen MR) is 99.5 cm³/mol. The molecule has 0 atom stereocenters. The quantitative estimate of drug-likeness (QED) is 0.736. The Morgan fingerprint density at radius 2 is 1.93 bits per heavy atom. The van der Waals surface area contributed by atoms with Gasteiger partial charge in [0.2, 0.25) is 0 Å². The fourth-order valence-corrected chi connectivity index (χ4v) is 3.94. The first-order chi connectivity index (χ1) is 13.2. The van der Waals surface area contributed by atoms with Crippen LogP contribution in [0, 0.1) is 0 Å². The van der Waals surface area contributed by atoms with Crippen molar-refractivity contribution in [1.29, 1.82) is 0 Å². The second-order valence-electron chi connectivity index (χ2n) is 7.21. The Bertz CT molecular complexity index is 721. The summed E-state index contributed by atoms with van der Waals surface area (Å²) < 4.78 is 49.4. The lowest BCUT2D eigenvalue weighted by atomic mass is 10.0. The molecular weight excluding hydrogens is 397 g/mol. The summed E-state index contributed by atoms with van der Waals surface area (Å²) in [6.07, 6.45) is -2.65. The molecule has 1 fully saturated rings. The summed E-state index contributed by atoms with van der Waals surface area (Å²) in [5, 5.41) is 3.84. The third-order valence-corrected chi connectivity index (χ3v) is 5.49. The SMILES string of the molecule is CC1(CCCNc2c(Cl)ccc3c2CCN(C(=O)C(F)(F)F)CC3)OCCO1. The lowest BCUT2D eigenvalue weighted by Gasteiger charge is -2.23. The normalized spacial score (nSPS) is 19.2. The van der Waals surface area contributed by atoms with E-state index in [0.29, 0.717) is 37.6 Å². The third-order valence-electron chi connectivity index (χ3n) is 5.18. The first-order valence-corrected chi connectivity index (χ1v) is 9.75. The zero-order chi connectivity index (χ0) is 20.4. The summed E-state index contributed by atoms with van der Waals surface area (Å²) >= 11 is 6.35. The fraction of sp³-hybridized carbons (Fsp3) is 0.632. The van der Waals surface area contributed by atoms with E-state index in [-0.39, 0.29) is 13.1 Å². The standard InChI is InChI=1S/C19H24ClF3N2O3/c1-18(27-11-12-28-18)7-2-8-24-16-14-6-10-25(17(26)19(21,22)23)9-5-13(14)3-4-15(16)20/h3-4,24H,2,5-12H2,1H3. The molecule has 28 heavy (non-hydrogen) atoms. The number of nitrogens with one attached hydrogen (secondary N) is 1. The number of hydrogen-bond acceptors (Lipinski definition) is 4. The second kappa shape index (κ2) is 8.47. The van der Waals surface area contributed by atoms with Crippen LogP contribution < -0.4 is 5.32 Å². The smallest absolute Gasteiger partial charge is 0.384 e. The molecule has 3 rings (SSSR count). The molecule has 0 aromatic heterocycles. The van der Waals surface area contributed by atoms with Crippen molar-refractivity contribution in [2.45, 2.75) is 44.6 Å². The van der Waals surface area contributed by atoms with Crippen LogP contribution in [0.15, 0.2) is 12.1 Å². The zero-order valence-corrected chi connectivity index (χ0v) is 16.5. The minimum absolute atomic E-state index is 0.0140. The van der Waals surface area contributed by atoms with Crippen LogP contribution in [0.5, 0.6) is 0 Å². The monoisotopic (exact) mass is 420 g/mol. The minimum atomic E-state index is -4.85. The van der Waals surface area contributed by atoms with Crippen molar-refractivity contribution < 1.29 is 27.4 Å². The summed E-state index contributed by atoms with van der Waals surface area (Å²) in [6.45, 7) is 3.78. The molecule has 156 valence electrons. The summed E-state index contributed by atoms with van der Waals surface area (Å²) in [4.78, 5) is 12.4. The van der Waals surface area contributed by atoms with Crippen molar-refractivity contribution in [2.75, 3.05) is 38.2 Å². The molecule has 2 heterocycles. The Balaban J connectivity index is 1.64. The van der Waals surface area contributed by atoms with Crippen molar-refractivity contribution in [3.8, 4) is 0 Å². The molecule has 0 bridgehead atoms. The molecule has 1 amide bonds. The van der Waals surface area contributed by atoms with Gasteiger partial charge < -0.3 is 19.7 Å². The van der Waals surface area contributed by atoms with Crippen molar-refractivity contribution in [3.05, 3.63) is 28.3 Å². The number of anilines is 1. The average Bonchev–Trinajstić information content (AvgIpc) is 2.95. The molecule has 1 aromatic carbocycles. The van der Waals surface area contributed by atoms with E-state index in [2.05, 4.69) is 5.32 Å². The number of amides is 1. The van der Waals surface area contributed by atoms with Crippen molar-refractivity contribution in [3.63, 3.8) is 0 Å². The van der Waals surface area contributed by atoms with Crippen LogP contribution in [0.4, 0.5) is 18.9 Å². The maximum absolute atomic E-state index is 12.8. The molecule has 0 spiro atoms. The highest BCUT2D eigenvalue weighted by Gasteiger charge is 2.42. The minimum Gasteiger partial charge on any atom is -0.384 e.